The number of aryl methyl sites for hydroxylation is 2. The molecule has 0 spiro atoms. The van der Waals surface area contributed by atoms with Crippen molar-refractivity contribution < 1.29 is 4.39 Å². The van der Waals surface area contributed by atoms with Crippen LogP contribution in [0.15, 0.2) is 48.7 Å². The first kappa shape index (κ1) is 25.5. The van der Waals surface area contributed by atoms with E-state index in [0.717, 1.165) is 48.6 Å². The van der Waals surface area contributed by atoms with E-state index >= 15 is 0 Å². The van der Waals surface area contributed by atoms with Crippen molar-refractivity contribution in [2.75, 3.05) is 32.0 Å². The van der Waals surface area contributed by atoms with Gasteiger partial charge in [0, 0.05) is 53.7 Å². The number of halogens is 3. The van der Waals surface area contributed by atoms with E-state index in [9.17, 15) is 4.39 Å². The van der Waals surface area contributed by atoms with Gasteiger partial charge in [-0.3, -0.25) is 9.88 Å². The summed E-state index contributed by atoms with van der Waals surface area (Å²) in [4.78, 5) is 11.0. The van der Waals surface area contributed by atoms with E-state index in [0.29, 0.717) is 6.04 Å². The van der Waals surface area contributed by atoms with Gasteiger partial charge in [0.25, 0.3) is 0 Å². The van der Waals surface area contributed by atoms with Crippen molar-refractivity contribution in [2.45, 2.75) is 25.8 Å². The molecule has 1 atom stereocenters. The lowest BCUT2D eigenvalue weighted by molar-refractivity contribution is 0.127. The van der Waals surface area contributed by atoms with Crippen molar-refractivity contribution in [1.29, 1.82) is 0 Å². The fourth-order valence-corrected chi connectivity index (χ4v) is 5.49. The van der Waals surface area contributed by atoms with Gasteiger partial charge in [-0.15, -0.1) is 36.2 Å². The van der Waals surface area contributed by atoms with Crippen LogP contribution in [0, 0.1) is 12.7 Å². The van der Waals surface area contributed by atoms with Crippen LogP contribution >= 0.6 is 36.2 Å². The van der Waals surface area contributed by atoms with E-state index in [1.165, 1.54) is 21.1 Å². The highest BCUT2D eigenvalue weighted by Crippen LogP contribution is 2.35. The van der Waals surface area contributed by atoms with Crippen molar-refractivity contribution in [3.63, 3.8) is 0 Å². The molecular weight excluding hydrogens is 478 g/mol. The summed E-state index contributed by atoms with van der Waals surface area (Å²) in [5.74, 6) is -0.103. The molecule has 0 saturated carbocycles. The number of nitrogens with one attached hydrogen (secondary N) is 1. The van der Waals surface area contributed by atoms with Gasteiger partial charge in [-0.1, -0.05) is 18.2 Å². The average Bonchev–Trinajstić information content (AvgIpc) is 3.07. The van der Waals surface area contributed by atoms with E-state index in [2.05, 4.69) is 47.4 Å². The summed E-state index contributed by atoms with van der Waals surface area (Å²) in [6.45, 7) is 4.99. The molecule has 0 amide bonds. The van der Waals surface area contributed by atoms with Crippen LogP contribution in [0.2, 0.25) is 0 Å². The number of benzene rings is 1. The lowest BCUT2D eigenvalue weighted by atomic mass is 10.0. The topological polar surface area (TPSA) is 31.4 Å². The highest BCUT2D eigenvalue weighted by Gasteiger charge is 2.29. The minimum Gasteiger partial charge on any atom is -0.366 e. The summed E-state index contributed by atoms with van der Waals surface area (Å²) in [6.07, 6.45) is 5.62. The normalized spacial score (nSPS) is 17.5. The molecule has 176 valence electrons. The van der Waals surface area contributed by atoms with Crippen molar-refractivity contribution >= 4 is 53.0 Å². The molecule has 0 radical (unpaired) electrons. The molecule has 3 aromatic rings. The first-order chi connectivity index (χ1) is 15.1. The Bertz CT molecular complexity index is 1230. The molecule has 5 rings (SSSR count). The molecule has 8 heteroatoms. The Balaban J connectivity index is 0.00000153. The van der Waals surface area contributed by atoms with Crippen LogP contribution in [0.1, 0.15) is 22.4 Å². The van der Waals surface area contributed by atoms with E-state index in [-0.39, 0.29) is 30.6 Å². The summed E-state index contributed by atoms with van der Waals surface area (Å²) in [6, 6.07) is 13.9. The van der Waals surface area contributed by atoms with Gasteiger partial charge in [-0.2, -0.15) is 0 Å². The molecular formula is C25H29Cl2FN4S. The fourth-order valence-electron chi connectivity index (χ4n) is 4.60. The molecule has 2 aliphatic rings. The third-order valence-electron chi connectivity index (χ3n) is 6.33. The van der Waals surface area contributed by atoms with Crippen molar-refractivity contribution in [1.82, 2.24) is 14.8 Å². The highest BCUT2D eigenvalue weighted by molar-refractivity contribution is 7.16. The summed E-state index contributed by atoms with van der Waals surface area (Å²) in [5, 5.41) is 6.81. The van der Waals surface area contributed by atoms with Gasteiger partial charge in [-0.25, -0.2) is 4.39 Å². The van der Waals surface area contributed by atoms with Crippen LogP contribution in [0.3, 0.4) is 0 Å². The second kappa shape index (κ2) is 10.9. The Labute approximate surface area is 210 Å². The van der Waals surface area contributed by atoms with Gasteiger partial charge in [0.05, 0.1) is 11.0 Å². The quantitative estimate of drug-likeness (QED) is 0.579. The van der Waals surface area contributed by atoms with E-state index < -0.39 is 0 Å². The molecule has 0 bridgehead atoms. The number of pyridine rings is 1. The number of anilines is 1. The number of rotatable bonds is 4. The van der Waals surface area contributed by atoms with Crippen LogP contribution in [0.4, 0.5) is 9.39 Å². The number of hydrogen-bond donors (Lipinski definition) is 1. The Hall–Kier alpha value is -2.12. The van der Waals surface area contributed by atoms with Crippen LogP contribution in [0.5, 0.6) is 0 Å². The summed E-state index contributed by atoms with van der Waals surface area (Å²) < 4.78 is 14.1. The molecule has 1 saturated heterocycles. The minimum atomic E-state index is -0.103. The zero-order chi connectivity index (χ0) is 21.4. The smallest absolute Gasteiger partial charge is 0.126 e. The number of nitrogens with zero attached hydrogens (tertiary/aromatic N) is 3. The molecule has 4 heterocycles. The van der Waals surface area contributed by atoms with E-state index in [1.807, 2.05) is 24.4 Å². The molecule has 2 aliphatic heterocycles. The van der Waals surface area contributed by atoms with Crippen molar-refractivity contribution in [2.24, 2.45) is 0 Å². The predicted octanol–water partition coefficient (Wildman–Crippen LogP) is 4.00. The van der Waals surface area contributed by atoms with Gasteiger partial charge < -0.3 is 10.2 Å². The molecule has 1 unspecified atom stereocenters. The van der Waals surface area contributed by atoms with Gasteiger partial charge in [0.15, 0.2) is 0 Å². The fraction of sp³-hybridized carbons (Fsp3) is 0.320. The molecule has 1 fully saturated rings. The molecule has 1 N–H and O–H groups in total. The molecule has 2 aromatic heterocycles. The SMILES string of the molecule is Cc1cc2c(s1)NC=c1cccnc1=C2N1CCN(C)C(CCc2ccccc2F)C1.Cl.Cl. The Morgan fingerprint density at radius 2 is 1.97 bits per heavy atom. The number of piperazine rings is 1. The van der Waals surface area contributed by atoms with Crippen LogP contribution in [-0.4, -0.2) is 47.5 Å². The number of fused-ring (bicyclic) bond motifs is 2. The molecule has 33 heavy (non-hydrogen) atoms. The van der Waals surface area contributed by atoms with Gasteiger partial charge in [0.2, 0.25) is 0 Å². The van der Waals surface area contributed by atoms with Crippen LogP contribution in [0.25, 0.3) is 11.9 Å². The van der Waals surface area contributed by atoms with Crippen molar-refractivity contribution in [3.05, 3.63) is 81.1 Å². The standard InChI is InChI=1S/C25H27FN4S.2ClH/c1-17-14-21-24(23-19(7-5-11-27-23)15-28-25(21)31-17)30-13-12-29(2)20(16-30)10-9-18-6-3-4-8-22(18)26;;/h3-8,11,14-15,20,28H,9-10,12-13,16H2,1-2H3;2*1H. The zero-order valence-electron chi connectivity index (χ0n) is 18.8. The number of likely N-dealkylation sites (N-methyl/N-ethyl adjacent to an activating group) is 1. The van der Waals surface area contributed by atoms with Crippen LogP contribution in [-0.2, 0) is 6.42 Å². The molecule has 1 aromatic carbocycles. The average molecular weight is 508 g/mol. The van der Waals surface area contributed by atoms with Gasteiger partial charge in [-0.05, 0) is 56.6 Å². The third kappa shape index (κ3) is 5.19. The zero-order valence-corrected chi connectivity index (χ0v) is 21.2. The maximum Gasteiger partial charge on any atom is 0.126 e. The second-order valence-corrected chi connectivity index (χ2v) is 9.65. The summed E-state index contributed by atoms with van der Waals surface area (Å²) >= 11 is 1.78. The Kier molecular flexibility index (Phi) is 8.40. The lowest BCUT2D eigenvalue weighted by Gasteiger charge is -2.41. The number of thiophene rings is 1. The molecule has 0 aliphatic carbocycles. The van der Waals surface area contributed by atoms with Crippen LogP contribution < -0.4 is 15.9 Å². The monoisotopic (exact) mass is 506 g/mol. The minimum absolute atomic E-state index is 0. The van der Waals surface area contributed by atoms with Crippen molar-refractivity contribution in [3.8, 4) is 0 Å². The maximum absolute atomic E-state index is 14.1. The van der Waals surface area contributed by atoms with E-state index in [1.54, 1.807) is 23.5 Å². The highest BCUT2D eigenvalue weighted by atomic mass is 35.5. The maximum atomic E-state index is 14.1. The Morgan fingerprint density at radius 3 is 2.79 bits per heavy atom. The third-order valence-corrected chi connectivity index (χ3v) is 7.31. The summed E-state index contributed by atoms with van der Waals surface area (Å²) in [5.41, 5.74) is 3.24. The first-order valence-corrected chi connectivity index (χ1v) is 11.6. The summed E-state index contributed by atoms with van der Waals surface area (Å²) in [7, 11) is 2.18. The van der Waals surface area contributed by atoms with E-state index in [4.69, 9.17) is 4.98 Å². The van der Waals surface area contributed by atoms with Gasteiger partial charge in [0.1, 0.15) is 10.8 Å². The first-order valence-electron chi connectivity index (χ1n) is 10.8. The Morgan fingerprint density at radius 1 is 1.15 bits per heavy atom. The lowest BCUT2D eigenvalue weighted by Crippen LogP contribution is -2.52. The number of hydrogen-bond acceptors (Lipinski definition) is 5. The predicted molar refractivity (Wildman–Crippen MR) is 140 cm³/mol. The van der Waals surface area contributed by atoms with Gasteiger partial charge >= 0.3 is 0 Å². The number of aromatic nitrogens is 1. The molecule has 4 nitrogen and oxygen atoms in total. The second-order valence-electron chi connectivity index (χ2n) is 8.39. The largest absolute Gasteiger partial charge is 0.366 e.